The van der Waals surface area contributed by atoms with Gasteiger partial charge in [-0.25, -0.2) is 0 Å². The van der Waals surface area contributed by atoms with Crippen molar-refractivity contribution in [2.24, 2.45) is 5.92 Å². The third-order valence-corrected chi connectivity index (χ3v) is 2.62. The van der Waals surface area contributed by atoms with Crippen LogP contribution in [0.1, 0.15) is 19.4 Å². The lowest BCUT2D eigenvalue weighted by Crippen LogP contribution is -2.29. The van der Waals surface area contributed by atoms with E-state index in [0.717, 1.165) is 5.75 Å². The van der Waals surface area contributed by atoms with Gasteiger partial charge in [-0.1, -0.05) is 17.7 Å². The van der Waals surface area contributed by atoms with E-state index in [1.54, 1.807) is 6.92 Å². The number of esters is 1. The standard InChI is InChI=1S/C13H18O3/c1-9-5-7-12(8-6-9)16-11(3)10(2)13(14)15-4/h5-8,10-11H,1-4H3. The minimum Gasteiger partial charge on any atom is -0.490 e. The molecule has 16 heavy (non-hydrogen) atoms. The summed E-state index contributed by atoms with van der Waals surface area (Å²) in [5, 5.41) is 0. The van der Waals surface area contributed by atoms with Crippen LogP contribution in [0.25, 0.3) is 0 Å². The number of carbonyl (C=O) groups excluding carboxylic acids is 1. The van der Waals surface area contributed by atoms with Crippen LogP contribution in [0.3, 0.4) is 0 Å². The summed E-state index contributed by atoms with van der Waals surface area (Å²) < 4.78 is 10.3. The Morgan fingerprint density at radius 3 is 2.25 bits per heavy atom. The molecular weight excluding hydrogens is 204 g/mol. The number of hydrogen-bond acceptors (Lipinski definition) is 3. The van der Waals surface area contributed by atoms with Gasteiger partial charge in [0, 0.05) is 0 Å². The first-order valence-electron chi connectivity index (χ1n) is 5.35. The molecule has 2 unspecified atom stereocenters. The maximum absolute atomic E-state index is 11.3. The van der Waals surface area contributed by atoms with Crippen LogP contribution >= 0.6 is 0 Å². The Hall–Kier alpha value is -1.51. The predicted molar refractivity (Wildman–Crippen MR) is 62.4 cm³/mol. The fourth-order valence-electron chi connectivity index (χ4n) is 1.31. The smallest absolute Gasteiger partial charge is 0.312 e. The fourth-order valence-corrected chi connectivity index (χ4v) is 1.31. The molecule has 1 aromatic carbocycles. The number of carbonyl (C=O) groups is 1. The Kier molecular flexibility index (Phi) is 4.35. The van der Waals surface area contributed by atoms with Crippen molar-refractivity contribution in [3.05, 3.63) is 29.8 Å². The van der Waals surface area contributed by atoms with E-state index < -0.39 is 0 Å². The lowest BCUT2D eigenvalue weighted by Gasteiger charge is -2.19. The fraction of sp³-hybridized carbons (Fsp3) is 0.462. The minimum atomic E-state index is -0.272. The third kappa shape index (κ3) is 3.26. The van der Waals surface area contributed by atoms with E-state index in [0.29, 0.717) is 0 Å². The molecule has 0 bridgehead atoms. The zero-order chi connectivity index (χ0) is 12.1. The second kappa shape index (κ2) is 5.54. The van der Waals surface area contributed by atoms with Gasteiger partial charge in [0.1, 0.15) is 11.9 Å². The molecule has 0 amide bonds. The number of benzene rings is 1. The average molecular weight is 222 g/mol. The summed E-state index contributed by atoms with van der Waals surface area (Å²) in [5.41, 5.74) is 1.18. The van der Waals surface area contributed by atoms with E-state index in [1.807, 2.05) is 38.1 Å². The Morgan fingerprint density at radius 1 is 1.19 bits per heavy atom. The molecule has 0 fully saturated rings. The molecule has 3 nitrogen and oxygen atoms in total. The van der Waals surface area contributed by atoms with Crippen LogP contribution in [0.5, 0.6) is 5.75 Å². The molecule has 1 aromatic rings. The SMILES string of the molecule is COC(=O)C(C)C(C)Oc1ccc(C)cc1. The molecule has 0 heterocycles. The van der Waals surface area contributed by atoms with Gasteiger partial charge in [0.15, 0.2) is 0 Å². The lowest BCUT2D eigenvalue weighted by molar-refractivity contribution is -0.147. The van der Waals surface area contributed by atoms with Crippen LogP contribution in [0.4, 0.5) is 0 Å². The molecule has 1 rings (SSSR count). The summed E-state index contributed by atoms with van der Waals surface area (Å²) in [6, 6.07) is 7.75. The van der Waals surface area contributed by atoms with Crippen molar-refractivity contribution < 1.29 is 14.3 Å². The Balaban J connectivity index is 2.60. The topological polar surface area (TPSA) is 35.5 Å². The van der Waals surface area contributed by atoms with Gasteiger partial charge in [-0.2, -0.15) is 0 Å². The Morgan fingerprint density at radius 2 is 1.75 bits per heavy atom. The minimum absolute atomic E-state index is 0.199. The van der Waals surface area contributed by atoms with Crippen molar-refractivity contribution in [1.29, 1.82) is 0 Å². The van der Waals surface area contributed by atoms with E-state index in [4.69, 9.17) is 4.74 Å². The van der Waals surface area contributed by atoms with Gasteiger partial charge in [0.25, 0.3) is 0 Å². The maximum atomic E-state index is 11.3. The van der Waals surface area contributed by atoms with Gasteiger partial charge < -0.3 is 9.47 Å². The highest BCUT2D eigenvalue weighted by atomic mass is 16.5. The Labute approximate surface area is 96.4 Å². The van der Waals surface area contributed by atoms with Crippen LogP contribution in [0.15, 0.2) is 24.3 Å². The summed E-state index contributed by atoms with van der Waals surface area (Å²) in [6.07, 6.45) is -0.199. The van der Waals surface area contributed by atoms with Gasteiger partial charge in [-0.3, -0.25) is 4.79 Å². The first-order valence-corrected chi connectivity index (χ1v) is 5.35. The molecule has 0 spiro atoms. The zero-order valence-corrected chi connectivity index (χ0v) is 10.2. The molecule has 0 aromatic heterocycles. The first-order chi connectivity index (χ1) is 7.54. The lowest BCUT2D eigenvalue weighted by atomic mass is 10.1. The van der Waals surface area contributed by atoms with Crippen molar-refractivity contribution in [3.8, 4) is 5.75 Å². The highest BCUT2D eigenvalue weighted by Crippen LogP contribution is 2.17. The van der Waals surface area contributed by atoms with Crippen LogP contribution in [0, 0.1) is 12.8 Å². The van der Waals surface area contributed by atoms with Crippen molar-refractivity contribution in [1.82, 2.24) is 0 Å². The molecule has 0 radical (unpaired) electrons. The van der Waals surface area contributed by atoms with Crippen molar-refractivity contribution >= 4 is 5.97 Å². The first kappa shape index (κ1) is 12.6. The van der Waals surface area contributed by atoms with Crippen LogP contribution in [0.2, 0.25) is 0 Å². The molecule has 88 valence electrons. The maximum Gasteiger partial charge on any atom is 0.312 e. The van der Waals surface area contributed by atoms with Gasteiger partial charge >= 0.3 is 5.97 Å². The van der Waals surface area contributed by atoms with E-state index in [1.165, 1.54) is 12.7 Å². The second-order valence-corrected chi connectivity index (χ2v) is 3.95. The summed E-state index contributed by atoms with van der Waals surface area (Å²) in [6.45, 7) is 5.68. The van der Waals surface area contributed by atoms with Crippen molar-refractivity contribution in [3.63, 3.8) is 0 Å². The second-order valence-electron chi connectivity index (χ2n) is 3.95. The number of rotatable bonds is 4. The molecule has 2 atom stereocenters. The highest BCUT2D eigenvalue weighted by Gasteiger charge is 2.22. The predicted octanol–water partition coefficient (Wildman–Crippen LogP) is 2.57. The zero-order valence-electron chi connectivity index (χ0n) is 10.2. The monoisotopic (exact) mass is 222 g/mol. The summed E-state index contributed by atoms with van der Waals surface area (Å²) in [5.74, 6) is 0.250. The summed E-state index contributed by atoms with van der Waals surface area (Å²) in [4.78, 5) is 11.3. The number of methoxy groups -OCH3 is 1. The van der Waals surface area contributed by atoms with Gasteiger partial charge in [0.05, 0.1) is 13.0 Å². The van der Waals surface area contributed by atoms with Crippen molar-refractivity contribution in [2.45, 2.75) is 26.9 Å². The van der Waals surface area contributed by atoms with Crippen molar-refractivity contribution in [2.75, 3.05) is 7.11 Å². The normalized spacial score (nSPS) is 14.0. The van der Waals surface area contributed by atoms with Gasteiger partial charge in [0.2, 0.25) is 0 Å². The molecule has 0 aliphatic rings. The molecule has 0 aliphatic carbocycles. The number of ether oxygens (including phenoxy) is 2. The summed E-state index contributed by atoms with van der Waals surface area (Å²) >= 11 is 0. The largest absolute Gasteiger partial charge is 0.490 e. The molecule has 0 N–H and O–H groups in total. The van der Waals surface area contributed by atoms with E-state index in [9.17, 15) is 4.79 Å². The summed E-state index contributed by atoms with van der Waals surface area (Å²) in [7, 11) is 1.39. The van der Waals surface area contributed by atoms with Gasteiger partial charge in [-0.15, -0.1) is 0 Å². The third-order valence-electron chi connectivity index (χ3n) is 2.62. The quantitative estimate of drug-likeness (QED) is 0.734. The van der Waals surface area contributed by atoms with Gasteiger partial charge in [-0.05, 0) is 32.9 Å². The Bertz CT molecular complexity index is 343. The molecule has 0 aliphatic heterocycles. The number of aryl methyl sites for hydroxylation is 1. The van der Waals surface area contributed by atoms with Crippen LogP contribution < -0.4 is 4.74 Å². The van der Waals surface area contributed by atoms with E-state index in [-0.39, 0.29) is 18.0 Å². The molecule has 3 heteroatoms. The van der Waals surface area contributed by atoms with Crippen LogP contribution in [-0.2, 0) is 9.53 Å². The van der Waals surface area contributed by atoms with E-state index >= 15 is 0 Å². The molecule has 0 saturated carbocycles. The average Bonchev–Trinajstić information content (AvgIpc) is 2.30. The molecule has 0 saturated heterocycles. The van der Waals surface area contributed by atoms with E-state index in [2.05, 4.69) is 4.74 Å². The van der Waals surface area contributed by atoms with Crippen LogP contribution in [-0.4, -0.2) is 19.2 Å². The molecular formula is C13H18O3. The highest BCUT2D eigenvalue weighted by molar-refractivity contribution is 5.72. The number of hydrogen-bond donors (Lipinski definition) is 0.